The number of amidine groups is 1. The molecule has 0 amide bonds. The highest BCUT2D eigenvalue weighted by Crippen LogP contribution is 2.61. The fourth-order valence-electron chi connectivity index (χ4n) is 6.97. The van der Waals surface area contributed by atoms with Crippen LogP contribution in [-0.4, -0.2) is 40.8 Å². The van der Waals surface area contributed by atoms with Crippen LogP contribution >= 0.6 is 0 Å². The average molecular weight is 399 g/mol. The molecule has 0 aromatic rings. The van der Waals surface area contributed by atoms with Crippen LogP contribution < -0.4 is 0 Å². The Hall–Kier alpha value is -1.47. The third-order valence-corrected chi connectivity index (χ3v) is 7.61. The maximum Gasteiger partial charge on any atom is 0.493 e. The maximum atomic E-state index is 12.8. The highest BCUT2D eigenvalue weighted by Gasteiger charge is 2.57. The fraction of sp³-hybridized carbons (Fsp3) is 0.900. The van der Waals surface area contributed by atoms with Crippen LogP contribution in [0.4, 0.5) is 13.2 Å². The number of nitrogens with zero attached hydrogens (tertiary/aromatic N) is 3. The van der Waals surface area contributed by atoms with Crippen molar-refractivity contribution in [3.63, 3.8) is 0 Å². The molecule has 0 spiro atoms. The summed E-state index contributed by atoms with van der Waals surface area (Å²) in [6.07, 6.45) is 6.50. The molecule has 4 bridgehead atoms. The normalized spacial score (nSPS) is 40.0. The Morgan fingerprint density at radius 3 is 2.21 bits per heavy atom. The number of halogens is 3. The van der Waals surface area contributed by atoms with E-state index in [1.165, 1.54) is 19.3 Å². The van der Waals surface area contributed by atoms with Gasteiger partial charge in [0.2, 0.25) is 0 Å². The predicted molar refractivity (Wildman–Crippen MR) is 95.6 cm³/mol. The Morgan fingerprint density at radius 2 is 1.61 bits per heavy atom. The molecule has 0 radical (unpaired) electrons. The Kier molecular flexibility index (Phi) is 4.32. The number of hydroxylamine groups is 1. The molecule has 1 saturated heterocycles. The van der Waals surface area contributed by atoms with Crippen LogP contribution in [0.3, 0.4) is 0 Å². The molecule has 4 saturated carbocycles. The summed E-state index contributed by atoms with van der Waals surface area (Å²) in [6, 6.07) is 0. The van der Waals surface area contributed by atoms with E-state index in [1.807, 2.05) is 0 Å². The lowest BCUT2D eigenvalue weighted by atomic mass is 9.49. The molecular weight excluding hydrogens is 371 g/mol. The molecule has 0 aromatic carbocycles. The van der Waals surface area contributed by atoms with Gasteiger partial charge in [-0.2, -0.15) is 13.2 Å². The zero-order chi connectivity index (χ0) is 19.5. The zero-order valence-corrected chi connectivity index (χ0v) is 16.1. The minimum Gasteiger partial charge on any atom is -0.333 e. The van der Waals surface area contributed by atoms with E-state index in [2.05, 4.69) is 10.0 Å². The van der Waals surface area contributed by atoms with Gasteiger partial charge < -0.3 is 9.74 Å². The van der Waals surface area contributed by atoms with E-state index in [0.717, 1.165) is 62.5 Å². The lowest BCUT2D eigenvalue weighted by molar-refractivity contribution is -0.250. The van der Waals surface area contributed by atoms with Crippen LogP contribution in [0.1, 0.15) is 70.6 Å². The number of fused-ring (bicyclic) bond motifs is 1. The number of hydrogen-bond donors (Lipinski definition) is 0. The molecule has 2 aliphatic heterocycles. The molecule has 8 heteroatoms. The van der Waals surface area contributed by atoms with Gasteiger partial charge in [-0.15, -0.1) is 5.10 Å². The summed E-state index contributed by atoms with van der Waals surface area (Å²) < 4.78 is 38.5. The van der Waals surface area contributed by atoms with E-state index < -0.39 is 18.3 Å². The van der Waals surface area contributed by atoms with Gasteiger partial charge in [0.25, 0.3) is 0 Å². The van der Waals surface area contributed by atoms with Crippen molar-refractivity contribution in [3.05, 3.63) is 0 Å². The van der Waals surface area contributed by atoms with Crippen molar-refractivity contribution in [2.24, 2.45) is 28.3 Å². The van der Waals surface area contributed by atoms with E-state index in [1.54, 1.807) is 0 Å². The molecule has 28 heavy (non-hydrogen) atoms. The van der Waals surface area contributed by atoms with Gasteiger partial charge in [0.1, 0.15) is 5.84 Å². The molecule has 5 nitrogen and oxygen atoms in total. The number of hydrazone groups is 1. The topological polar surface area (TPSA) is 45.1 Å². The van der Waals surface area contributed by atoms with Crippen LogP contribution in [0.25, 0.3) is 0 Å². The molecule has 0 aromatic heterocycles. The van der Waals surface area contributed by atoms with Crippen molar-refractivity contribution >= 4 is 11.8 Å². The van der Waals surface area contributed by atoms with Gasteiger partial charge in [-0.25, -0.2) is 4.79 Å². The number of alkyl halides is 3. The van der Waals surface area contributed by atoms with Crippen molar-refractivity contribution in [2.75, 3.05) is 6.54 Å². The van der Waals surface area contributed by atoms with Gasteiger partial charge in [-0.05, 0) is 75.5 Å². The number of rotatable bonds is 2. The minimum atomic E-state index is -5.01. The van der Waals surface area contributed by atoms with Crippen molar-refractivity contribution in [2.45, 2.75) is 83.0 Å². The summed E-state index contributed by atoms with van der Waals surface area (Å²) in [5.41, 5.74) is -0.0361. The van der Waals surface area contributed by atoms with Crippen molar-refractivity contribution in [1.29, 1.82) is 0 Å². The summed E-state index contributed by atoms with van der Waals surface area (Å²) >= 11 is 0. The smallest absolute Gasteiger partial charge is 0.333 e. The Morgan fingerprint density at radius 1 is 1.00 bits per heavy atom. The van der Waals surface area contributed by atoms with Gasteiger partial charge in [-0.3, -0.25) is 0 Å². The largest absolute Gasteiger partial charge is 0.493 e. The maximum absolute atomic E-state index is 12.8. The second kappa shape index (κ2) is 6.52. The fourth-order valence-corrected chi connectivity index (χ4v) is 6.97. The van der Waals surface area contributed by atoms with E-state index in [0.29, 0.717) is 24.2 Å². The Bertz CT molecular complexity index is 643. The van der Waals surface area contributed by atoms with Gasteiger partial charge in [0.05, 0.1) is 0 Å². The number of carbonyl (C=O) groups excluding carboxylic acids is 1. The molecule has 156 valence electrons. The number of hydrogen-bond acceptors (Lipinski definition) is 5. The molecule has 1 unspecified atom stereocenters. The van der Waals surface area contributed by atoms with Crippen LogP contribution in [0.15, 0.2) is 5.10 Å². The van der Waals surface area contributed by atoms with E-state index in [4.69, 9.17) is 4.84 Å². The molecule has 6 aliphatic rings. The monoisotopic (exact) mass is 399 g/mol. The average Bonchev–Trinajstić information content (AvgIpc) is 2.89. The highest BCUT2D eigenvalue weighted by atomic mass is 19.4. The van der Waals surface area contributed by atoms with Crippen LogP contribution in [0.2, 0.25) is 0 Å². The summed E-state index contributed by atoms with van der Waals surface area (Å²) in [5, 5.41) is 5.59. The van der Waals surface area contributed by atoms with Gasteiger partial charge in [-0.1, -0.05) is 18.0 Å². The van der Waals surface area contributed by atoms with Crippen LogP contribution in [0.5, 0.6) is 0 Å². The van der Waals surface area contributed by atoms with E-state index in [-0.39, 0.29) is 5.41 Å². The molecule has 1 atom stereocenters. The minimum absolute atomic E-state index is 0.0361. The van der Waals surface area contributed by atoms with Crippen LogP contribution in [-0.2, 0) is 9.63 Å². The molecule has 2 heterocycles. The quantitative estimate of drug-likeness (QED) is 0.689. The summed E-state index contributed by atoms with van der Waals surface area (Å²) in [4.78, 5) is 18.5. The number of carbonyl (C=O) groups is 1. The summed E-state index contributed by atoms with van der Waals surface area (Å²) in [6.45, 7) is 0.783. The SMILES string of the molecule is O=C(ON1N=C(C23CC4CC(CC(C4)C2)C3)N2CCCCCCC12)C(F)(F)F. The van der Waals surface area contributed by atoms with Crippen molar-refractivity contribution in [1.82, 2.24) is 10.1 Å². The Labute approximate surface area is 163 Å². The van der Waals surface area contributed by atoms with Gasteiger partial charge in [0.15, 0.2) is 6.17 Å². The van der Waals surface area contributed by atoms with Crippen LogP contribution in [0, 0.1) is 23.2 Å². The zero-order valence-electron chi connectivity index (χ0n) is 16.1. The van der Waals surface area contributed by atoms with E-state index >= 15 is 0 Å². The van der Waals surface area contributed by atoms with E-state index in [9.17, 15) is 18.0 Å². The summed E-state index contributed by atoms with van der Waals surface area (Å²) in [5.74, 6) is 0.885. The first-order valence-electron chi connectivity index (χ1n) is 10.8. The molecular formula is C20H28F3N3O2. The first kappa shape index (κ1) is 18.6. The standard InChI is InChI=1S/C20H28F3N3O2/c21-20(22,23)18(27)28-26-16-5-3-1-2-4-6-25(16)17(24-26)19-10-13-7-14(11-19)9-15(8-13)12-19/h13-16H,1-12H2. The van der Waals surface area contributed by atoms with Gasteiger partial charge in [0, 0.05) is 12.0 Å². The molecule has 6 rings (SSSR count). The summed E-state index contributed by atoms with van der Waals surface area (Å²) in [7, 11) is 0. The molecule has 5 fully saturated rings. The van der Waals surface area contributed by atoms with Crippen molar-refractivity contribution < 1.29 is 22.8 Å². The lowest BCUT2D eigenvalue weighted by Crippen LogP contribution is -2.55. The first-order valence-corrected chi connectivity index (χ1v) is 10.8. The predicted octanol–water partition coefficient (Wildman–Crippen LogP) is 4.44. The lowest BCUT2D eigenvalue weighted by Gasteiger charge is -2.57. The molecule has 4 aliphatic carbocycles. The molecule has 0 N–H and O–H groups in total. The Balaban J connectivity index is 1.46. The third kappa shape index (κ3) is 3.07. The second-order valence-electron chi connectivity index (χ2n) is 9.68. The third-order valence-electron chi connectivity index (χ3n) is 7.61. The highest BCUT2D eigenvalue weighted by molar-refractivity contribution is 5.90. The van der Waals surface area contributed by atoms with Crippen molar-refractivity contribution in [3.8, 4) is 0 Å². The second-order valence-corrected chi connectivity index (χ2v) is 9.68. The first-order chi connectivity index (χ1) is 13.3. The van der Waals surface area contributed by atoms with Gasteiger partial charge >= 0.3 is 12.1 Å².